The summed E-state index contributed by atoms with van der Waals surface area (Å²) < 4.78 is 23.4. The quantitative estimate of drug-likeness (QED) is 0.842. The minimum absolute atomic E-state index is 0.0955. The van der Waals surface area contributed by atoms with Crippen molar-refractivity contribution in [3.8, 4) is 0 Å². The zero-order chi connectivity index (χ0) is 15.1. The minimum atomic E-state index is -3.99. The molecule has 110 valence electrons. The maximum Gasteiger partial charge on any atom is 0.253 e. The predicted octanol–water partition coefficient (Wildman–Crippen LogP) is 2.42. The Morgan fingerprint density at radius 2 is 2.05 bits per heavy atom. The smallest absolute Gasteiger partial charge is 0.253 e. The fourth-order valence-corrected chi connectivity index (χ4v) is 3.89. The fraction of sp³-hybridized carbons (Fsp3) is 0.417. The SMILES string of the molecule is CC1(NC(=O)c2cc(Br)cc(S(N)(=O)=O)c2Cl)CCC1. The van der Waals surface area contributed by atoms with Crippen molar-refractivity contribution >= 4 is 43.5 Å². The van der Waals surface area contributed by atoms with Crippen LogP contribution in [0.5, 0.6) is 0 Å². The molecule has 1 aromatic carbocycles. The molecule has 0 unspecified atom stereocenters. The number of halogens is 2. The zero-order valence-electron chi connectivity index (χ0n) is 10.7. The Hall–Kier alpha value is -0.630. The summed E-state index contributed by atoms with van der Waals surface area (Å²) in [6.45, 7) is 1.95. The van der Waals surface area contributed by atoms with Crippen LogP contribution >= 0.6 is 27.5 Å². The Bertz CT molecular complexity index is 672. The number of amides is 1. The van der Waals surface area contributed by atoms with Crippen molar-refractivity contribution in [2.75, 3.05) is 0 Å². The van der Waals surface area contributed by atoms with Crippen LogP contribution in [-0.2, 0) is 10.0 Å². The van der Waals surface area contributed by atoms with E-state index in [1.807, 2.05) is 6.92 Å². The number of rotatable bonds is 3. The first kappa shape index (κ1) is 15.8. The van der Waals surface area contributed by atoms with Crippen molar-refractivity contribution in [3.63, 3.8) is 0 Å². The van der Waals surface area contributed by atoms with Gasteiger partial charge in [-0.25, -0.2) is 13.6 Å². The molecule has 1 fully saturated rings. The molecule has 3 N–H and O–H groups in total. The van der Waals surface area contributed by atoms with Crippen molar-refractivity contribution in [1.82, 2.24) is 5.32 Å². The second-order valence-electron chi connectivity index (χ2n) is 5.18. The molecule has 20 heavy (non-hydrogen) atoms. The molecule has 1 amide bonds. The van der Waals surface area contributed by atoms with E-state index in [1.165, 1.54) is 12.1 Å². The van der Waals surface area contributed by atoms with E-state index in [0.29, 0.717) is 4.47 Å². The predicted molar refractivity (Wildman–Crippen MR) is 80.2 cm³/mol. The van der Waals surface area contributed by atoms with E-state index < -0.39 is 15.9 Å². The lowest BCUT2D eigenvalue weighted by Gasteiger charge is -2.39. The Labute approximate surface area is 131 Å². The molecule has 0 bridgehead atoms. The zero-order valence-corrected chi connectivity index (χ0v) is 13.9. The molecule has 0 aliphatic heterocycles. The van der Waals surface area contributed by atoms with Crippen molar-refractivity contribution in [2.24, 2.45) is 5.14 Å². The molecule has 0 aromatic heterocycles. The van der Waals surface area contributed by atoms with Crippen LogP contribution in [0.2, 0.25) is 5.02 Å². The number of nitrogens with one attached hydrogen (secondary N) is 1. The normalized spacial score (nSPS) is 17.4. The highest BCUT2D eigenvalue weighted by atomic mass is 79.9. The molecule has 5 nitrogen and oxygen atoms in total. The highest BCUT2D eigenvalue weighted by Gasteiger charge is 2.34. The summed E-state index contributed by atoms with van der Waals surface area (Å²) >= 11 is 9.17. The number of benzene rings is 1. The van der Waals surface area contributed by atoms with Gasteiger partial charge in [-0.2, -0.15) is 0 Å². The number of carbonyl (C=O) groups excluding carboxylic acids is 1. The largest absolute Gasteiger partial charge is 0.347 e. The number of hydrogen-bond acceptors (Lipinski definition) is 3. The highest BCUT2D eigenvalue weighted by molar-refractivity contribution is 9.10. The first-order chi connectivity index (χ1) is 9.12. The summed E-state index contributed by atoms with van der Waals surface area (Å²) in [6.07, 6.45) is 2.85. The first-order valence-electron chi connectivity index (χ1n) is 5.97. The Balaban J connectivity index is 2.41. The number of primary sulfonamides is 1. The van der Waals surface area contributed by atoms with E-state index in [-0.39, 0.29) is 21.0 Å². The van der Waals surface area contributed by atoms with Crippen LogP contribution < -0.4 is 10.5 Å². The van der Waals surface area contributed by atoms with Crippen LogP contribution in [0, 0.1) is 0 Å². The Morgan fingerprint density at radius 1 is 1.45 bits per heavy atom. The first-order valence-corrected chi connectivity index (χ1v) is 8.68. The molecule has 0 heterocycles. The second-order valence-corrected chi connectivity index (χ2v) is 8.00. The summed E-state index contributed by atoms with van der Waals surface area (Å²) in [4.78, 5) is 12.0. The average Bonchev–Trinajstić information content (AvgIpc) is 2.28. The lowest BCUT2D eigenvalue weighted by Crippen LogP contribution is -2.51. The molecule has 0 radical (unpaired) electrons. The lowest BCUT2D eigenvalue weighted by molar-refractivity contribution is 0.0850. The van der Waals surface area contributed by atoms with E-state index in [0.717, 1.165) is 19.3 Å². The molecule has 1 aliphatic carbocycles. The van der Waals surface area contributed by atoms with Crippen molar-refractivity contribution in [3.05, 3.63) is 27.2 Å². The minimum Gasteiger partial charge on any atom is -0.347 e. The van der Waals surface area contributed by atoms with Gasteiger partial charge in [-0.05, 0) is 38.3 Å². The van der Waals surface area contributed by atoms with Gasteiger partial charge in [-0.1, -0.05) is 27.5 Å². The monoisotopic (exact) mass is 380 g/mol. The third-order valence-electron chi connectivity index (χ3n) is 3.43. The molecule has 1 aromatic rings. The molecule has 0 spiro atoms. The molecule has 1 saturated carbocycles. The van der Waals surface area contributed by atoms with Crippen LogP contribution in [0.15, 0.2) is 21.5 Å². The summed E-state index contributed by atoms with van der Waals surface area (Å²) in [7, 11) is -3.99. The van der Waals surface area contributed by atoms with Gasteiger partial charge in [0.15, 0.2) is 0 Å². The van der Waals surface area contributed by atoms with Crippen molar-refractivity contribution in [2.45, 2.75) is 36.6 Å². The lowest BCUT2D eigenvalue weighted by atomic mass is 9.78. The summed E-state index contributed by atoms with van der Waals surface area (Å²) in [5.74, 6) is -0.400. The standard InChI is InChI=1S/C12H14BrClN2O3S/c1-12(3-2-4-12)16-11(17)8-5-7(13)6-9(10(8)14)20(15,18)19/h5-6H,2-4H2,1H3,(H,16,17)(H2,15,18,19). The number of carbonyl (C=O) groups is 1. The molecular formula is C12H14BrClN2O3S. The highest BCUT2D eigenvalue weighted by Crippen LogP contribution is 2.33. The van der Waals surface area contributed by atoms with E-state index in [9.17, 15) is 13.2 Å². The van der Waals surface area contributed by atoms with Gasteiger partial charge in [0.1, 0.15) is 4.90 Å². The van der Waals surface area contributed by atoms with Crippen LogP contribution in [0.4, 0.5) is 0 Å². The topological polar surface area (TPSA) is 89.3 Å². The van der Waals surface area contributed by atoms with Gasteiger partial charge in [-0.15, -0.1) is 0 Å². The van der Waals surface area contributed by atoms with Crippen molar-refractivity contribution < 1.29 is 13.2 Å². The Kier molecular flexibility index (Phi) is 4.17. The summed E-state index contributed by atoms with van der Waals surface area (Å²) in [6, 6.07) is 2.76. The third kappa shape index (κ3) is 3.16. The van der Waals surface area contributed by atoms with Crippen LogP contribution in [-0.4, -0.2) is 19.9 Å². The van der Waals surface area contributed by atoms with Gasteiger partial charge < -0.3 is 5.32 Å². The molecule has 2 rings (SSSR count). The van der Waals surface area contributed by atoms with Gasteiger partial charge in [0.25, 0.3) is 5.91 Å². The molecular weight excluding hydrogens is 368 g/mol. The van der Waals surface area contributed by atoms with Gasteiger partial charge in [0, 0.05) is 10.0 Å². The second kappa shape index (κ2) is 5.29. The summed E-state index contributed by atoms with van der Waals surface area (Å²) in [5.41, 5.74) is -0.150. The third-order valence-corrected chi connectivity index (χ3v) is 5.34. The van der Waals surface area contributed by atoms with Gasteiger partial charge in [0.05, 0.1) is 10.6 Å². The van der Waals surface area contributed by atoms with E-state index >= 15 is 0 Å². The van der Waals surface area contributed by atoms with Gasteiger partial charge in [0.2, 0.25) is 10.0 Å². The van der Waals surface area contributed by atoms with Crippen LogP contribution in [0.25, 0.3) is 0 Å². The average molecular weight is 382 g/mol. The number of sulfonamides is 1. The maximum absolute atomic E-state index is 12.3. The Morgan fingerprint density at radius 3 is 2.50 bits per heavy atom. The van der Waals surface area contributed by atoms with Gasteiger partial charge in [-0.3, -0.25) is 4.79 Å². The van der Waals surface area contributed by atoms with Gasteiger partial charge >= 0.3 is 0 Å². The van der Waals surface area contributed by atoms with Crippen molar-refractivity contribution in [1.29, 1.82) is 0 Å². The summed E-state index contributed by atoms with van der Waals surface area (Å²) in [5, 5.41) is 7.81. The van der Waals surface area contributed by atoms with E-state index in [1.54, 1.807) is 0 Å². The van der Waals surface area contributed by atoms with Crippen LogP contribution in [0.1, 0.15) is 36.5 Å². The maximum atomic E-state index is 12.3. The van der Waals surface area contributed by atoms with E-state index in [2.05, 4.69) is 21.2 Å². The molecule has 1 aliphatic rings. The molecule has 0 saturated heterocycles. The van der Waals surface area contributed by atoms with E-state index in [4.69, 9.17) is 16.7 Å². The molecule has 0 atom stereocenters. The van der Waals surface area contributed by atoms with Crippen LogP contribution in [0.3, 0.4) is 0 Å². The number of nitrogens with two attached hydrogens (primary N) is 1. The fourth-order valence-electron chi connectivity index (χ4n) is 2.11. The molecule has 8 heteroatoms. The number of hydrogen-bond donors (Lipinski definition) is 2.